The first-order valence-electron chi connectivity index (χ1n) is 5.22. The maximum absolute atomic E-state index is 12.2. The van der Waals surface area contributed by atoms with E-state index in [1.54, 1.807) is 0 Å². The van der Waals surface area contributed by atoms with E-state index in [2.05, 4.69) is 0 Å². The summed E-state index contributed by atoms with van der Waals surface area (Å²) in [4.78, 5) is 15.7. The van der Waals surface area contributed by atoms with Crippen LogP contribution in [-0.4, -0.2) is 37.1 Å². The lowest BCUT2D eigenvalue weighted by atomic mass is 10.2. The monoisotopic (exact) mass is 325 g/mol. The van der Waals surface area contributed by atoms with E-state index < -0.39 is 26.6 Å². The Morgan fingerprint density at radius 2 is 2.05 bits per heavy atom. The summed E-state index contributed by atoms with van der Waals surface area (Å²) in [6.07, 6.45) is 0.566. The van der Waals surface area contributed by atoms with Gasteiger partial charge in [0.25, 0.3) is 10.0 Å². The van der Waals surface area contributed by atoms with Gasteiger partial charge in [0.2, 0.25) is 0 Å². The number of hydrogen-bond donors (Lipinski definition) is 1. The first-order chi connectivity index (χ1) is 8.85. The number of halogens is 2. The van der Waals surface area contributed by atoms with Crippen molar-refractivity contribution < 1.29 is 23.2 Å². The predicted molar refractivity (Wildman–Crippen MR) is 67.9 cm³/mol. The molecular formula is C10H9Cl2NO5S. The summed E-state index contributed by atoms with van der Waals surface area (Å²) < 4.78 is 25.2. The molecule has 1 heterocycles. The highest BCUT2D eigenvalue weighted by molar-refractivity contribution is 7.89. The summed E-state index contributed by atoms with van der Waals surface area (Å²) in [6, 6.07) is 2.34. The van der Waals surface area contributed by atoms with Crippen molar-refractivity contribution in [1.82, 2.24) is 4.47 Å². The smallest absolute Gasteiger partial charge is 0.338 e. The van der Waals surface area contributed by atoms with Gasteiger partial charge in [-0.05, 0) is 18.6 Å². The van der Waals surface area contributed by atoms with Crippen LogP contribution in [0.2, 0.25) is 10.0 Å². The fraction of sp³-hybridized carbons (Fsp3) is 0.300. The number of hydroxylamine groups is 1. The molecule has 1 fully saturated rings. The molecule has 1 saturated heterocycles. The fourth-order valence-corrected chi connectivity index (χ4v) is 3.85. The van der Waals surface area contributed by atoms with E-state index in [9.17, 15) is 13.2 Å². The van der Waals surface area contributed by atoms with Crippen LogP contribution < -0.4 is 0 Å². The fourth-order valence-electron chi connectivity index (χ4n) is 1.65. The van der Waals surface area contributed by atoms with E-state index in [0.29, 0.717) is 6.42 Å². The van der Waals surface area contributed by atoms with Crippen molar-refractivity contribution in [2.45, 2.75) is 11.3 Å². The molecule has 0 radical (unpaired) electrons. The minimum Gasteiger partial charge on any atom is -0.478 e. The molecule has 0 bridgehead atoms. The number of benzene rings is 1. The number of nitrogens with zero attached hydrogens (tertiary/aromatic N) is 1. The van der Waals surface area contributed by atoms with Crippen LogP contribution in [0.5, 0.6) is 0 Å². The van der Waals surface area contributed by atoms with Crippen LogP contribution in [0.25, 0.3) is 0 Å². The quantitative estimate of drug-likeness (QED) is 0.919. The second kappa shape index (κ2) is 5.26. The molecule has 0 atom stereocenters. The molecular weight excluding hydrogens is 317 g/mol. The Morgan fingerprint density at radius 3 is 2.58 bits per heavy atom. The average Bonchev–Trinajstić information content (AvgIpc) is 2.81. The molecule has 1 N–H and O–H groups in total. The van der Waals surface area contributed by atoms with Crippen molar-refractivity contribution in [3.8, 4) is 0 Å². The number of carboxylic acid groups (broad SMARTS) is 1. The van der Waals surface area contributed by atoms with Gasteiger partial charge in [-0.2, -0.15) is 0 Å². The molecule has 1 aliphatic rings. The van der Waals surface area contributed by atoms with Gasteiger partial charge in [0.05, 0.1) is 22.2 Å². The van der Waals surface area contributed by atoms with Gasteiger partial charge in [0.1, 0.15) is 4.90 Å². The molecule has 2 rings (SSSR count). The van der Waals surface area contributed by atoms with Crippen LogP contribution >= 0.6 is 23.2 Å². The van der Waals surface area contributed by atoms with Crippen LogP contribution in [0.1, 0.15) is 16.8 Å². The lowest BCUT2D eigenvalue weighted by Crippen LogP contribution is -2.27. The number of carboxylic acids is 1. The molecule has 0 aliphatic carbocycles. The molecule has 1 aromatic carbocycles. The molecule has 0 amide bonds. The van der Waals surface area contributed by atoms with Gasteiger partial charge in [0, 0.05) is 6.54 Å². The van der Waals surface area contributed by atoms with Gasteiger partial charge >= 0.3 is 5.97 Å². The van der Waals surface area contributed by atoms with Gasteiger partial charge in [-0.1, -0.05) is 27.7 Å². The zero-order chi connectivity index (χ0) is 14.2. The third kappa shape index (κ3) is 2.56. The standard InChI is InChI=1S/C10H9Cl2NO5S/c11-6-2-3-7(9(12)8(6)10(14)15)19(16,17)13-4-1-5-18-13/h2-3H,1,4-5H2,(H,14,15). The van der Waals surface area contributed by atoms with Gasteiger partial charge < -0.3 is 5.11 Å². The minimum absolute atomic E-state index is 0.126. The maximum atomic E-state index is 12.2. The molecule has 0 saturated carbocycles. The Balaban J connectivity index is 2.57. The molecule has 0 spiro atoms. The summed E-state index contributed by atoms with van der Waals surface area (Å²) in [5.74, 6) is -1.39. The van der Waals surface area contributed by atoms with Gasteiger partial charge in [-0.25, -0.2) is 13.2 Å². The second-order valence-electron chi connectivity index (χ2n) is 3.76. The van der Waals surface area contributed by atoms with Crippen molar-refractivity contribution in [2.75, 3.05) is 13.2 Å². The SMILES string of the molecule is O=C(O)c1c(Cl)ccc(S(=O)(=O)N2CCCO2)c1Cl. The molecule has 104 valence electrons. The van der Waals surface area contributed by atoms with Gasteiger partial charge in [0.15, 0.2) is 0 Å². The lowest BCUT2D eigenvalue weighted by molar-refractivity contribution is -0.0284. The summed E-state index contributed by atoms with van der Waals surface area (Å²) in [7, 11) is -3.98. The summed E-state index contributed by atoms with van der Waals surface area (Å²) in [6.45, 7) is 0.486. The Kier molecular flexibility index (Phi) is 4.03. The Hall–Kier alpha value is -0.860. The van der Waals surface area contributed by atoms with Crippen molar-refractivity contribution >= 4 is 39.2 Å². The average molecular weight is 326 g/mol. The molecule has 0 aromatic heterocycles. The van der Waals surface area contributed by atoms with Crippen LogP contribution in [0.3, 0.4) is 0 Å². The molecule has 6 nitrogen and oxygen atoms in total. The van der Waals surface area contributed by atoms with Crippen molar-refractivity contribution in [2.24, 2.45) is 0 Å². The number of carbonyl (C=O) groups is 1. The van der Waals surface area contributed by atoms with E-state index in [1.165, 1.54) is 6.07 Å². The van der Waals surface area contributed by atoms with E-state index in [-0.39, 0.29) is 23.1 Å². The largest absolute Gasteiger partial charge is 0.478 e. The van der Waals surface area contributed by atoms with Gasteiger partial charge in [-0.15, -0.1) is 0 Å². The zero-order valence-corrected chi connectivity index (χ0v) is 11.8. The molecule has 9 heteroatoms. The van der Waals surface area contributed by atoms with Crippen molar-refractivity contribution in [1.29, 1.82) is 0 Å². The first-order valence-corrected chi connectivity index (χ1v) is 7.42. The van der Waals surface area contributed by atoms with Crippen LogP contribution in [-0.2, 0) is 14.9 Å². The highest BCUT2D eigenvalue weighted by Crippen LogP contribution is 2.33. The molecule has 0 unspecified atom stereocenters. The highest BCUT2D eigenvalue weighted by atomic mass is 35.5. The number of aromatic carboxylic acids is 1. The summed E-state index contributed by atoms with van der Waals surface area (Å²) in [5.41, 5.74) is -0.441. The highest BCUT2D eigenvalue weighted by Gasteiger charge is 2.32. The molecule has 1 aliphatic heterocycles. The maximum Gasteiger partial charge on any atom is 0.338 e. The zero-order valence-electron chi connectivity index (χ0n) is 9.47. The number of hydrogen-bond acceptors (Lipinski definition) is 4. The Bertz CT molecular complexity index is 625. The number of sulfonamides is 1. The lowest BCUT2D eigenvalue weighted by Gasteiger charge is -2.16. The summed E-state index contributed by atoms with van der Waals surface area (Å²) in [5, 5.41) is 8.45. The summed E-state index contributed by atoms with van der Waals surface area (Å²) >= 11 is 11.5. The van der Waals surface area contributed by atoms with E-state index in [1.807, 2.05) is 0 Å². The topological polar surface area (TPSA) is 83.9 Å². The first kappa shape index (κ1) is 14.5. The Morgan fingerprint density at radius 1 is 1.37 bits per heavy atom. The van der Waals surface area contributed by atoms with Crippen molar-refractivity contribution in [3.63, 3.8) is 0 Å². The van der Waals surface area contributed by atoms with Gasteiger partial charge in [-0.3, -0.25) is 4.84 Å². The third-order valence-electron chi connectivity index (χ3n) is 2.54. The molecule has 1 aromatic rings. The van der Waals surface area contributed by atoms with E-state index in [4.69, 9.17) is 33.1 Å². The van der Waals surface area contributed by atoms with Crippen LogP contribution in [0.4, 0.5) is 0 Å². The normalized spacial score (nSPS) is 16.7. The predicted octanol–water partition coefficient (Wildman–Crippen LogP) is 2.02. The second-order valence-corrected chi connectivity index (χ2v) is 6.34. The number of rotatable bonds is 3. The van der Waals surface area contributed by atoms with E-state index >= 15 is 0 Å². The third-order valence-corrected chi connectivity index (χ3v) is 5.08. The molecule has 19 heavy (non-hydrogen) atoms. The van der Waals surface area contributed by atoms with Crippen LogP contribution in [0.15, 0.2) is 17.0 Å². The van der Waals surface area contributed by atoms with Crippen LogP contribution in [0, 0.1) is 0 Å². The minimum atomic E-state index is -3.98. The van der Waals surface area contributed by atoms with E-state index in [0.717, 1.165) is 10.5 Å². The Labute approximate surface area is 119 Å². The van der Waals surface area contributed by atoms with Crippen molar-refractivity contribution in [3.05, 3.63) is 27.7 Å².